The van der Waals surface area contributed by atoms with Crippen molar-refractivity contribution in [3.63, 3.8) is 0 Å². The topological polar surface area (TPSA) is 88.3 Å². The number of hydrogen-bond donors (Lipinski definition) is 0. The molecule has 0 amide bonds. The van der Waals surface area contributed by atoms with Crippen molar-refractivity contribution in [3.8, 4) is 23.5 Å². The Balaban J connectivity index is 0.00000280. The Morgan fingerprint density at radius 2 is 2.07 bits per heavy atom. The summed E-state index contributed by atoms with van der Waals surface area (Å²) in [6.07, 6.45) is 2.26. The number of methoxy groups -OCH3 is 1. The Bertz CT molecular complexity index is 1040. The van der Waals surface area contributed by atoms with Crippen LogP contribution in [0.15, 0.2) is 29.6 Å². The minimum absolute atomic E-state index is 0. The molecule has 0 spiro atoms. The summed E-state index contributed by atoms with van der Waals surface area (Å²) >= 11 is 0. The molecule has 0 aliphatic carbocycles. The van der Waals surface area contributed by atoms with Crippen molar-refractivity contribution in [3.05, 3.63) is 35.7 Å². The molecule has 3 rings (SSSR count). The molecule has 140 valence electrons. The zero-order valence-electron chi connectivity index (χ0n) is 16.4. The largest absolute Gasteiger partial charge is 1.00 e. The van der Waals surface area contributed by atoms with Gasteiger partial charge in [0.2, 0.25) is 0 Å². The molecule has 0 aliphatic heterocycles. The summed E-state index contributed by atoms with van der Waals surface area (Å²) in [5, 5.41) is 0.232. The van der Waals surface area contributed by atoms with Crippen LogP contribution in [0.25, 0.3) is 11.2 Å². The Kier molecular flexibility index (Phi) is 8.45. The van der Waals surface area contributed by atoms with Crippen LogP contribution in [0.3, 0.4) is 0 Å². The van der Waals surface area contributed by atoms with E-state index in [1.165, 1.54) is 0 Å². The van der Waals surface area contributed by atoms with E-state index in [0.717, 1.165) is 5.56 Å². The Labute approximate surface area is 188 Å². The summed E-state index contributed by atoms with van der Waals surface area (Å²) < 4.78 is 23.5. The third-order valence-corrected chi connectivity index (χ3v) is 4.98. The van der Waals surface area contributed by atoms with E-state index in [4.69, 9.17) is 9.47 Å². The molecule has 0 radical (unpaired) electrons. The molecule has 0 fully saturated rings. The van der Waals surface area contributed by atoms with E-state index in [1.807, 2.05) is 6.92 Å². The SMILES string of the molecule is CC#CCCOc1ccc2nc(S(=O)Cc3nccc(OC)c3C)[n-]c2n1.[Na+]. The first-order valence-corrected chi connectivity index (χ1v) is 9.65. The third-order valence-electron chi connectivity index (χ3n) is 3.85. The van der Waals surface area contributed by atoms with Gasteiger partial charge in [-0.25, -0.2) is 0 Å². The summed E-state index contributed by atoms with van der Waals surface area (Å²) in [7, 11) is 0.152. The molecule has 3 aromatic heterocycles. The maximum atomic E-state index is 12.7. The van der Waals surface area contributed by atoms with Gasteiger partial charge in [0.25, 0.3) is 0 Å². The average molecular weight is 406 g/mol. The fourth-order valence-corrected chi connectivity index (χ4v) is 3.50. The minimum atomic E-state index is -1.44. The first-order chi connectivity index (χ1) is 13.1. The van der Waals surface area contributed by atoms with Gasteiger partial charge in [0.05, 0.1) is 41.1 Å². The number of hydrogen-bond acceptors (Lipinski definition) is 6. The van der Waals surface area contributed by atoms with Gasteiger partial charge in [-0.2, -0.15) is 0 Å². The summed E-state index contributed by atoms with van der Waals surface area (Å²) in [5.74, 6) is 7.10. The first-order valence-electron chi connectivity index (χ1n) is 8.33. The van der Waals surface area contributed by atoms with E-state index in [2.05, 4.69) is 31.8 Å². The molecule has 3 heterocycles. The van der Waals surface area contributed by atoms with Gasteiger partial charge >= 0.3 is 29.6 Å². The average Bonchev–Trinajstić information content (AvgIpc) is 3.10. The predicted molar refractivity (Wildman–Crippen MR) is 102 cm³/mol. The van der Waals surface area contributed by atoms with Crippen LogP contribution >= 0.6 is 0 Å². The Morgan fingerprint density at radius 1 is 1.25 bits per heavy atom. The van der Waals surface area contributed by atoms with E-state index < -0.39 is 10.8 Å². The zero-order valence-corrected chi connectivity index (χ0v) is 19.2. The summed E-state index contributed by atoms with van der Waals surface area (Å²) in [6, 6.07) is 5.25. The molecule has 0 aliphatic rings. The number of fused-ring (bicyclic) bond motifs is 1. The molecule has 9 heteroatoms. The molecule has 3 aromatic rings. The standard InChI is InChI=1S/C19H19N4O3S.Na/c1-4-5-6-11-26-17-8-7-14-18(22-17)23-19(21-14)27(24)12-15-13(2)16(25-3)9-10-20-15;/h7-10H,6,11-12H2,1-3H3;/q-1;+1. The van der Waals surface area contributed by atoms with E-state index in [-0.39, 0.29) is 40.5 Å². The van der Waals surface area contributed by atoms with Gasteiger partial charge in [-0.1, -0.05) is 0 Å². The number of ether oxygens (including phenoxy) is 2. The molecule has 7 nitrogen and oxygen atoms in total. The monoisotopic (exact) mass is 406 g/mol. The van der Waals surface area contributed by atoms with Gasteiger partial charge in [-0.3, -0.25) is 9.19 Å². The molecule has 1 unspecified atom stereocenters. The quantitative estimate of drug-likeness (QED) is 0.294. The minimum Gasteiger partial charge on any atom is -0.496 e. The van der Waals surface area contributed by atoms with Crippen LogP contribution in [-0.4, -0.2) is 32.9 Å². The van der Waals surface area contributed by atoms with Crippen LogP contribution < -0.4 is 44.0 Å². The second-order valence-corrected chi connectivity index (χ2v) is 6.94. The van der Waals surface area contributed by atoms with E-state index in [1.54, 1.807) is 38.4 Å². The number of rotatable bonds is 7. The van der Waals surface area contributed by atoms with Crippen LogP contribution in [0.4, 0.5) is 0 Å². The Hall–Kier alpha value is -1.92. The smallest absolute Gasteiger partial charge is 0.496 e. The van der Waals surface area contributed by atoms with E-state index in [0.29, 0.717) is 41.5 Å². The maximum Gasteiger partial charge on any atom is 1.00 e. The normalized spacial score (nSPS) is 11.2. The fourth-order valence-electron chi connectivity index (χ4n) is 2.44. The van der Waals surface area contributed by atoms with Crippen molar-refractivity contribution in [2.45, 2.75) is 31.2 Å². The van der Waals surface area contributed by atoms with Gasteiger partial charge < -0.3 is 24.4 Å². The second kappa shape index (κ2) is 10.6. The van der Waals surface area contributed by atoms with Crippen molar-refractivity contribution in [1.82, 2.24) is 19.9 Å². The molecular weight excluding hydrogens is 387 g/mol. The second-order valence-electron chi connectivity index (χ2n) is 5.60. The summed E-state index contributed by atoms with van der Waals surface area (Å²) in [4.78, 5) is 17.2. The van der Waals surface area contributed by atoms with Crippen molar-refractivity contribution < 1.29 is 43.2 Å². The molecule has 0 saturated carbocycles. The maximum absolute atomic E-state index is 12.7. The third kappa shape index (κ3) is 5.32. The number of imidazole rings is 1. The van der Waals surface area contributed by atoms with E-state index in [9.17, 15) is 4.21 Å². The molecule has 0 aromatic carbocycles. The van der Waals surface area contributed by atoms with Crippen molar-refractivity contribution in [2.75, 3.05) is 13.7 Å². The molecule has 1 atom stereocenters. The summed E-state index contributed by atoms with van der Waals surface area (Å²) in [5.41, 5.74) is 2.53. The van der Waals surface area contributed by atoms with Crippen LogP contribution in [-0.2, 0) is 16.6 Å². The van der Waals surface area contributed by atoms with Crippen molar-refractivity contribution in [2.24, 2.45) is 0 Å². The van der Waals surface area contributed by atoms with Crippen LogP contribution in [0.5, 0.6) is 11.6 Å². The van der Waals surface area contributed by atoms with Gasteiger partial charge in [0, 0.05) is 29.3 Å². The first kappa shape index (κ1) is 22.4. The van der Waals surface area contributed by atoms with Gasteiger partial charge in [0.1, 0.15) is 11.6 Å². The fraction of sp³-hybridized carbons (Fsp3) is 0.316. The Morgan fingerprint density at radius 3 is 2.82 bits per heavy atom. The number of aromatic nitrogens is 4. The van der Waals surface area contributed by atoms with Crippen molar-refractivity contribution in [1.29, 1.82) is 0 Å². The van der Waals surface area contributed by atoms with Gasteiger partial charge in [-0.05, 0) is 32.0 Å². The molecule has 0 saturated heterocycles. The molecule has 28 heavy (non-hydrogen) atoms. The van der Waals surface area contributed by atoms with Crippen LogP contribution in [0, 0.1) is 18.8 Å². The van der Waals surface area contributed by atoms with Crippen LogP contribution in [0.1, 0.15) is 24.6 Å². The van der Waals surface area contributed by atoms with Crippen molar-refractivity contribution >= 4 is 22.0 Å². The number of nitrogens with zero attached hydrogens (tertiary/aromatic N) is 4. The molecule has 0 bridgehead atoms. The van der Waals surface area contributed by atoms with Crippen LogP contribution in [0.2, 0.25) is 0 Å². The molecule has 0 N–H and O–H groups in total. The summed E-state index contributed by atoms with van der Waals surface area (Å²) in [6.45, 7) is 4.12. The predicted octanol–water partition coefficient (Wildman–Crippen LogP) is -0.597. The van der Waals surface area contributed by atoms with Gasteiger partial charge in [0.15, 0.2) is 0 Å². The van der Waals surface area contributed by atoms with E-state index >= 15 is 0 Å². The zero-order chi connectivity index (χ0) is 19.2. The molecular formula is C19H19N4NaO3S. The van der Waals surface area contributed by atoms with Gasteiger partial charge in [-0.15, -0.1) is 11.8 Å². The number of pyridine rings is 2.